The molecule has 96 valence electrons. The third kappa shape index (κ3) is 3.92. The molecule has 0 fully saturated rings. The van der Waals surface area contributed by atoms with Crippen LogP contribution < -0.4 is 5.32 Å². The van der Waals surface area contributed by atoms with Gasteiger partial charge in [0.05, 0.1) is 13.1 Å². The highest BCUT2D eigenvalue weighted by molar-refractivity contribution is 9.10. The number of nitrogens with one attached hydrogen (secondary N) is 1. The van der Waals surface area contributed by atoms with Crippen molar-refractivity contribution < 1.29 is 0 Å². The summed E-state index contributed by atoms with van der Waals surface area (Å²) in [6.07, 6.45) is 2.91. The Labute approximate surface area is 116 Å². The summed E-state index contributed by atoms with van der Waals surface area (Å²) in [5.41, 5.74) is 1.22. The van der Waals surface area contributed by atoms with E-state index in [1.165, 1.54) is 5.56 Å². The maximum Gasteiger partial charge on any atom is 0.164 e. The molecule has 0 saturated heterocycles. The first-order valence-corrected chi connectivity index (χ1v) is 6.90. The van der Waals surface area contributed by atoms with E-state index in [4.69, 9.17) is 0 Å². The molecule has 0 unspecified atom stereocenters. The zero-order valence-electron chi connectivity index (χ0n) is 10.4. The largest absolute Gasteiger partial charge is 0.310 e. The van der Waals surface area contributed by atoms with Gasteiger partial charge in [-0.3, -0.25) is 0 Å². The average molecular weight is 309 g/mol. The minimum Gasteiger partial charge on any atom is -0.310 e. The van der Waals surface area contributed by atoms with Gasteiger partial charge >= 0.3 is 0 Å². The van der Waals surface area contributed by atoms with E-state index in [1.54, 1.807) is 6.33 Å². The smallest absolute Gasteiger partial charge is 0.164 e. The van der Waals surface area contributed by atoms with Gasteiger partial charge in [-0.2, -0.15) is 5.10 Å². The van der Waals surface area contributed by atoms with Crippen molar-refractivity contribution in [1.29, 1.82) is 0 Å². The molecule has 18 heavy (non-hydrogen) atoms. The molecule has 1 aromatic heterocycles. The highest BCUT2D eigenvalue weighted by atomic mass is 79.9. The lowest BCUT2D eigenvalue weighted by atomic mass is 10.2. The van der Waals surface area contributed by atoms with Crippen molar-refractivity contribution in [3.63, 3.8) is 0 Å². The number of hydrogen-bond donors (Lipinski definition) is 1. The highest BCUT2D eigenvalue weighted by Crippen LogP contribution is 2.11. The molecule has 0 atom stereocenters. The SMILES string of the molecule is CCCNCc1ncn(Cc2ccc(Br)cc2)n1. The maximum absolute atomic E-state index is 4.43. The Balaban J connectivity index is 1.91. The molecule has 2 rings (SSSR count). The molecule has 0 bridgehead atoms. The summed E-state index contributed by atoms with van der Waals surface area (Å²) in [5.74, 6) is 0.848. The van der Waals surface area contributed by atoms with Crippen molar-refractivity contribution in [2.75, 3.05) is 6.54 Å². The van der Waals surface area contributed by atoms with Gasteiger partial charge < -0.3 is 5.32 Å². The summed E-state index contributed by atoms with van der Waals surface area (Å²) in [6, 6.07) is 8.24. The molecule has 2 aromatic rings. The van der Waals surface area contributed by atoms with Gasteiger partial charge in [0.25, 0.3) is 0 Å². The topological polar surface area (TPSA) is 42.7 Å². The molecule has 0 radical (unpaired) electrons. The Bertz CT molecular complexity index is 478. The Morgan fingerprint density at radius 3 is 2.78 bits per heavy atom. The second kappa shape index (κ2) is 6.66. The van der Waals surface area contributed by atoms with Gasteiger partial charge in [0, 0.05) is 4.47 Å². The standard InChI is InChI=1S/C13H17BrN4/c1-2-7-15-8-13-16-10-18(17-13)9-11-3-5-12(14)6-4-11/h3-6,10,15H,2,7-9H2,1H3. The minimum absolute atomic E-state index is 0.737. The molecule has 0 aliphatic rings. The molecule has 0 saturated carbocycles. The quantitative estimate of drug-likeness (QED) is 0.834. The minimum atomic E-state index is 0.737. The van der Waals surface area contributed by atoms with E-state index in [9.17, 15) is 0 Å². The lowest BCUT2D eigenvalue weighted by Crippen LogP contribution is -2.15. The molecule has 0 aliphatic heterocycles. The van der Waals surface area contributed by atoms with E-state index in [0.717, 1.165) is 36.4 Å². The molecule has 0 amide bonds. The third-order valence-electron chi connectivity index (χ3n) is 2.55. The Morgan fingerprint density at radius 1 is 1.28 bits per heavy atom. The summed E-state index contributed by atoms with van der Waals surface area (Å²) in [5, 5.41) is 7.72. The summed E-state index contributed by atoms with van der Waals surface area (Å²) >= 11 is 3.43. The van der Waals surface area contributed by atoms with Crippen LogP contribution in [0.2, 0.25) is 0 Å². The number of halogens is 1. The number of nitrogens with zero attached hydrogens (tertiary/aromatic N) is 3. The van der Waals surface area contributed by atoms with Crippen molar-refractivity contribution >= 4 is 15.9 Å². The number of benzene rings is 1. The molecule has 0 aliphatic carbocycles. The highest BCUT2D eigenvalue weighted by Gasteiger charge is 2.01. The molecule has 1 aromatic carbocycles. The van der Waals surface area contributed by atoms with E-state index in [0.29, 0.717) is 0 Å². The summed E-state index contributed by atoms with van der Waals surface area (Å²) in [6.45, 7) is 4.64. The van der Waals surface area contributed by atoms with Crippen LogP contribution in [0.3, 0.4) is 0 Å². The normalized spacial score (nSPS) is 10.8. The van der Waals surface area contributed by atoms with Crippen LogP contribution in [0.5, 0.6) is 0 Å². The van der Waals surface area contributed by atoms with Gasteiger partial charge in [-0.05, 0) is 30.7 Å². The zero-order chi connectivity index (χ0) is 12.8. The second-order valence-electron chi connectivity index (χ2n) is 4.16. The lowest BCUT2D eigenvalue weighted by molar-refractivity contribution is 0.625. The van der Waals surface area contributed by atoms with Crippen LogP contribution in [0.1, 0.15) is 24.7 Å². The van der Waals surface area contributed by atoms with Crippen LogP contribution in [0.4, 0.5) is 0 Å². The first kappa shape index (κ1) is 13.2. The van der Waals surface area contributed by atoms with Gasteiger partial charge in [-0.25, -0.2) is 9.67 Å². The van der Waals surface area contributed by atoms with E-state index in [2.05, 4.69) is 50.4 Å². The van der Waals surface area contributed by atoms with Crippen molar-refractivity contribution in [2.24, 2.45) is 0 Å². The van der Waals surface area contributed by atoms with Crippen LogP contribution in [-0.4, -0.2) is 21.3 Å². The van der Waals surface area contributed by atoms with Gasteiger partial charge in [-0.1, -0.05) is 35.0 Å². The van der Waals surface area contributed by atoms with Gasteiger partial charge in [0.1, 0.15) is 6.33 Å². The average Bonchev–Trinajstić information content (AvgIpc) is 2.80. The number of aromatic nitrogens is 3. The monoisotopic (exact) mass is 308 g/mol. The first-order chi connectivity index (χ1) is 8.78. The van der Waals surface area contributed by atoms with Crippen LogP contribution in [0.25, 0.3) is 0 Å². The zero-order valence-corrected chi connectivity index (χ0v) is 12.0. The first-order valence-electron chi connectivity index (χ1n) is 6.11. The van der Waals surface area contributed by atoms with Gasteiger partial charge in [-0.15, -0.1) is 0 Å². The second-order valence-corrected chi connectivity index (χ2v) is 5.08. The van der Waals surface area contributed by atoms with E-state index in [1.807, 2.05) is 16.8 Å². The summed E-state index contributed by atoms with van der Waals surface area (Å²) in [4.78, 5) is 4.28. The predicted molar refractivity (Wildman–Crippen MR) is 75.3 cm³/mol. The molecule has 1 N–H and O–H groups in total. The van der Waals surface area contributed by atoms with E-state index in [-0.39, 0.29) is 0 Å². The van der Waals surface area contributed by atoms with E-state index >= 15 is 0 Å². The van der Waals surface area contributed by atoms with Crippen molar-refractivity contribution in [1.82, 2.24) is 20.1 Å². The summed E-state index contributed by atoms with van der Waals surface area (Å²) < 4.78 is 2.96. The Morgan fingerprint density at radius 2 is 2.06 bits per heavy atom. The molecule has 4 nitrogen and oxygen atoms in total. The fourth-order valence-electron chi connectivity index (χ4n) is 1.64. The third-order valence-corrected chi connectivity index (χ3v) is 3.08. The molecule has 5 heteroatoms. The van der Waals surface area contributed by atoms with Crippen molar-refractivity contribution in [2.45, 2.75) is 26.4 Å². The van der Waals surface area contributed by atoms with Crippen molar-refractivity contribution in [3.8, 4) is 0 Å². The number of hydrogen-bond acceptors (Lipinski definition) is 3. The van der Waals surface area contributed by atoms with Crippen LogP contribution in [0.15, 0.2) is 35.1 Å². The van der Waals surface area contributed by atoms with E-state index < -0.39 is 0 Å². The van der Waals surface area contributed by atoms with Gasteiger partial charge in [0.15, 0.2) is 5.82 Å². The molecule has 0 spiro atoms. The van der Waals surface area contributed by atoms with Gasteiger partial charge in [0.2, 0.25) is 0 Å². The fraction of sp³-hybridized carbons (Fsp3) is 0.385. The summed E-state index contributed by atoms with van der Waals surface area (Å²) in [7, 11) is 0. The lowest BCUT2D eigenvalue weighted by Gasteiger charge is -2.01. The molecule has 1 heterocycles. The van der Waals surface area contributed by atoms with Crippen molar-refractivity contribution in [3.05, 3.63) is 46.5 Å². The maximum atomic E-state index is 4.43. The van der Waals surface area contributed by atoms with Crippen LogP contribution >= 0.6 is 15.9 Å². The predicted octanol–water partition coefficient (Wildman–Crippen LogP) is 2.59. The fourth-order valence-corrected chi connectivity index (χ4v) is 1.91. The molecular formula is C13H17BrN4. The van der Waals surface area contributed by atoms with Crippen LogP contribution in [0, 0.1) is 0 Å². The molecular weight excluding hydrogens is 292 g/mol. The Kier molecular flexibility index (Phi) is 4.90. The number of rotatable bonds is 6. The Hall–Kier alpha value is -1.20. The van der Waals surface area contributed by atoms with Crippen LogP contribution in [-0.2, 0) is 13.1 Å².